The van der Waals surface area contributed by atoms with Gasteiger partial charge in [-0.2, -0.15) is 5.10 Å². The third kappa shape index (κ3) is 1.92. The van der Waals surface area contributed by atoms with Gasteiger partial charge in [0.05, 0.1) is 18.0 Å². The number of halogens is 1. The molecule has 1 N–H and O–H groups in total. The van der Waals surface area contributed by atoms with Crippen molar-refractivity contribution in [3.8, 4) is 0 Å². The molecule has 0 amide bonds. The lowest BCUT2D eigenvalue weighted by atomic mass is 10.1. The Kier molecular flexibility index (Phi) is 3.46. The number of rotatable bonds is 4. The Morgan fingerprint density at radius 1 is 1.56 bits per heavy atom. The predicted molar refractivity (Wildman–Crippen MR) is 65.2 cm³/mol. The Bertz CT molecular complexity index is 463. The Hall–Kier alpha value is -1.07. The molecule has 1 unspecified atom stereocenters. The Morgan fingerprint density at radius 2 is 2.38 bits per heavy atom. The van der Waals surface area contributed by atoms with Gasteiger partial charge in [-0.05, 0) is 42.0 Å². The van der Waals surface area contributed by atoms with Crippen LogP contribution in [0.5, 0.6) is 0 Å². The lowest BCUT2D eigenvalue weighted by molar-refractivity contribution is 0.519. The van der Waals surface area contributed by atoms with E-state index in [4.69, 9.17) is 4.42 Å². The molecule has 4 nitrogen and oxygen atoms in total. The van der Waals surface area contributed by atoms with Gasteiger partial charge in [0.15, 0.2) is 4.67 Å². The van der Waals surface area contributed by atoms with Crippen molar-refractivity contribution in [2.45, 2.75) is 19.5 Å². The second-order valence-corrected chi connectivity index (χ2v) is 4.16. The summed E-state index contributed by atoms with van der Waals surface area (Å²) in [6.45, 7) is 2.93. The molecule has 0 bridgehead atoms. The lowest BCUT2D eigenvalue weighted by Crippen LogP contribution is -2.21. The van der Waals surface area contributed by atoms with Crippen LogP contribution in [-0.2, 0) is 6.54 Å². The molecule has 0 aliphatic rings. The zero-order chi connectivity index (χ0) is 11.5. The highest BCUT2D eigenvalue weighted by atomic mass is 79.9. The third-order valence-electron chi connectivity index (χ3n) is 2.59. The molecule has 2 heterocycles. The van der Waals surface area contributed by atoms with Crippen molar-refractivity contribution < 1.29 is 4.42 Å². The predicted octanol–water partition coefficient (Wildman–Crippen LogP) is 2.57. The van der Waals surface area contributed by atoms with Crippen LogP contribution in [0.3, 0.4) is 0 Å². The molecule has 1 atom stereocenters. The van der Waals surface area contributed by atoms with Crippen LogP contribution in [0.2, 0.25) is 0 Å². The summed E-state index contributed by atoms with van der Waals surface area (Å²) in [6.07, 6.45) is 3.49. The van der Waals surface area contributed by atoms with Crippen LogP contribution in [0.25, 0.3) is 0 Å². The average Bonchev–Trinajstić information content (AvgIpc) is 2.90. The van der Waals surface area contributed by atoms with Gasteiger partial charge in [-0.1, -0.05) is 0 Å². The van der Waals surface area contributed by atoms with E-state index in [2.05, 4.69) is 33.3 Å². The minimum atomic E-state index is 0.0931. The number of aryl methyl sites for hydroxylation is 1. The van der Waals surface area contributed by atoms with Crippen molar-refractivity contribution in [1.29, 1.82) is 0 Å². The van der Waals surface area contributed by atoms with Crippen molar-refractivity contribution in [3.63, 3.8) is 0 Å². The fraction of sp³-hybridized carbons (Fsp3) is 0.364. The molecule has 0 spiro atoms. The van der Waals surface area contributed by atoms with Gasteiger partial charge < -0.3 is 9.73 Å². The highest BCUT2D eigenvalue weighted by Gasteiger charge is 2.20. The first-order chi connectivity index (χ1) is 7.77. The molecule has 2 aromatic heterocycles. The lowest BCUT2D eigenvalue weighted by Gasteiger charge is -2.16. The molecular weight excluding hydrogens is 270 g/mol. The van der Waals surface area contributed by atoms with E-state index in [0.717, 1.165) is 22.5 Å². The van der Waals surface area contributed by atoms with Gasteiger partial charge >= 0.3 is 0 Å². The van der Waals surface area contributed by atoms with Gasteiger partial charge in [0.1, 0.15) is 0 Å². The van der Waals surface area contributed by atoms with Crippen LogP contribution in [0.1, 0.15) is 24.2 Å². The monoisotopic (exact) mass is 283 g/mol. The number of hydrogen-bond acceptors (Lipinski definition) is 3. The van der Waals surface area contributed by atoms with E-state index >= 15 is 0 Å². The van der Waals surface area contributed by atoms with E-state index in [1.165, 1.54) is 0 Å². The van der Waals surface area contributed by atoms with Gasteiger partial charge in [0.25, 0.3) is 0 Å². The first kappa shape index (κ1) is 11.4. The molecule has 0 aliphatic heterocycles. The summed E-state index contributed by atoms with van der Waals surface area (Å²) in [5.41, 5.74) is 2.21. The number of nitrogens with zero attached hydrogens (tertiary/aromatic N) is 2. The maximum absolute atomic E-state index is 5.27. The Balaban J connectivity index is 2.40. The zero-order valence-corrected chi connectivity index (χ0v) is 10.9. The van der Waals surface area contributed by atoms with Gasteiger partial charge in [-0.3, -0.25) is 4.68 Å². The molecule has 2 aromatic rings. The van der Waals surface area contributed by atoms with Crippen molar-refractivity contribution >= 4 is 15.9 Å². The minimum absolute atomic E-state index is 0.0931. The van der Waals surface area contributed by atoms with Gasteiger partial charge in [-0.15, -0.1) is 0 Å². The van der Waals surface area contributed by atoms with Crippen LogP contribution >= 0.6 is 15.9 Å². The van der Waals surface area contributed by atoms with Crippen molar-refractivity contribution in [1.82, 2.24) is 15.1 Å². The fourth-order valence-corrected chi connectivity index (χ4v) is 2.29. The van der Waals surface area contributed by atoms with Crippen LogP contribution in [0.15, 0.2) is 33.7 Å². The normalized spacial score (nSPS) is 12.9. The second-order valence-electron chi connectivity index (χ2n) is 3.44. The SMILES string of the molecule is CCn1nccc1C(NC)c1ccoc1Br. The number of furan rings is 1. The van der Waals surface area contributed by atoms with Gasteiger partial charge in [0.2, 0.25) is 0 Å². The van der Waals surface area contributed by atoms with E-state index in [-0.39, 0.29) is 6.04 Å². The number of nitrogens with one attached hydrogen (secondary N) is 1. The average molecular weight is 284 g/mol. The quantitative estimate of drug-likeness (QED) is 0.938. The number of hydrogen-bond donors (Lipinski definition) is 1. The summed E-state index contributed by atoms with van der Waals surface area (Å²) in [4.78, 5) is 0. The zero-order valence-electron chi connectivity index (χ0n) is 9.27. The molecule has 0 saturated heterocycles. The molecule has 0 aliphatic carbocycles. The fourth-order valence-electron chi connectivity index (χ4n) is 1.83. The molecule has 5 heteroatoms. The highest BCUT2D eigenvalue weighted by Crippen LogP contribution is 2.29. The molecule has 2 rings (SSSR count). The molecule has 0 fully saturated rings. The van der Waals surface area contributed by atoms with Crippen LogP contribution < -0.4 is 5.32 Å². The second kappa shape index (κ2) is 4.84. The summed E-state index contributed by atoms with van der Waals surface area (Å²) < 4.78 is 8.00. The first-order valence-corrected chi connectivity index (χ1v) is 5.99. The molecule has 0 saturated carbocycles. The van der Waals surface area contributed by atoms with E-state index in [9.17, 15) is 0 Å². The van der Waals surface area contributed by atoms with Gasteiger partial charge in [0, 0.05) is 18.3 Å². The minimum Gasteiger partial charge on any atom is -0.457 e. The summed E-state index contributed by atoms with van der Waals surface area (Å²) in [6, 6.07) is 4.07. The molecule has 0 radical (unpaired) electrons. The smallest absolute Gasteiger partial charge is 0.174 e. The van der Waals surface area contributed by atoms with E-state index in [1.54, 1.807) is 6.26 Å². The van der Waals surface area contributed by atoms with Crippen molar-refractivity contribution in [3.05, 3.63) is 40.5 Å². The van der Waals surface area contributed by atoms with Crippen LogP contribution in [-0.4, -0.2) is 16.8 Å². The highest BCUT2D eigenvalue weighted by molar-refractivity contribution is 9.10. The van der Waals surface area contributed by atoms with E-state index in [1.807, 2.05) is 30.1 Å². The summed E-state index contributed by atoms with van der Waals surface area (Å²) in [5.74, 6) is 0. The Labute approximate surface area is 103 Å². The summed E-state index contributed by atoms with van der Waals surface area (Å²) in [5, 5.41) is 7.55. The first-order valence-electron chi connectivity index (χ1n) is 5.19. The largest absolute Gasteiger partial charge is 0.457 e. The van der Waals surface area contributed by atoms with E-state index in [0.29, 0.717) is 0 Å². The Morgan fingerprint density at radius 3 is 2.94 bits per heavy atom. The molecule has 16 heavy (non-hydrogen) atoms. The molecule has 0 aromatic carbocycles. The molecular formula is C11H14BrN3O. The maximum Gasteiger partial charge on any atom is 0.174 e. The van der Waals surface area contributed by atoms with E-state index < -0.39 is 0 Å². The maximum atomic E-state index is 5.27. The summed E-state index contributed by atoms with van der Waals surface area (Å²) in [7, 11) is 1.93. The number of aromatic nitrogens is 2. The van der Waals surface area contributed by atoms with Crippen molar-refractivity contribution in [2.75, 3.05) is 7.05 Å². The standard InChI is InChI=1S/C11H14BrN3O/c1-3-15-9(4-6-14-15)10(13-2)8-5-7-16-11(8)12/h4-7,10,13H,3H2,1-2H3. The van der Waals surface area contributed by atoms with Gasteiger partial charge in [-0.25, -0.2) is 0 Å². The third-order valence-corrected chi connectivity index (χ3v) is 3.24. The van der Waals surface area contributed by atoms with Crippen LogP contribution in [0.4, 0.5) is 0 Å². The summed E-state index contributed by atoms with van der Waals surface area (Å²) >= 11 is 3.40. The topological polar surface area (TPSA) is 43.0 Å². The van der Waals surface area contributed by atoms with Crippen molar-refractivity contribution in [2.24, 2.45) is 0 Å². The molecule has 86 valence electrons. The van der Waals surface area contributed by atoms with Crippen LogP contribution in [0, 0.1) is 0 Å².